The lowest BCUT2D eigenvalue weighted by Crippen LogP contribution is -2.15. The maximum atomic E-state index is 13.7. The minimum atomic E-state index is -4.67. The van der Waals surface area contributed by atoms with Crippen LogP contribution in [0.2, 0.25) is 0 Å². The summed E-state index contributed by atoms with van der Waals surface area (Å²) in [5, 5.41) is 0. The molecule has 0 bridgehead atoms. The number of allylic oxidation sites excluding steroid dienone is 3. The number of hydrogen-bond acceptors (Lipinski definition) is 5. The van der Waals surface area contributed by atoms with Gasteiger partial charge in [-0.15, -0.1) is 0 Å². The molecule has 0 fully saturated rings. The number of carbonyl (C=O) groups excluding carboxylic acids is 1. The van der Waals surface area contributed by atoms with Crippen molar-refractivity contribution < 1.29 is 35.2 Å². The second kappa shape index (κ2) is 11.2. The Hall–Kier alpha value is -3.21. The Morgan fingerprint density at radius 3 is 2.06 bits per heavy atom. The zero-order valence-corrected chi connectivity index (χ0v) is 21.1. The fraction of sp³-hybridized carbons (Fsp3) is 0.320. The number of alkyl halides is 3. The van der Waals surface area contributed by atoms with E-state index in [-0.39, 0.29) is 50.9 Å². The van der Waals surface area contributed by atoms with Crippen LogP contribution in [0.3, 0.4) is 0 Å². The van der Waals surface area contributed by atoms with Gasteiger partial charge in [0.15, 0.2) is 15.6 Å². The minimum absolute atomic E-state index is 0.0147. The van der Waals surface area contributed by atoms with Crippen molar-refractivity contribution in [2.75, 3.05) is 5.75 Å². The zero-order chi connectivity index (χ0) is 27.4. The van der Waals surface area contributed by atoms with Crippen LogP contribution < -0.4 is 0 Å². The molecule has 0 saturated carbocycles. The Bertz CT molecular complexity index is 1350. The highest BCUT2D eigenvalue weighted by Crippen LogP contribution is 2.29. The molecule has 5 nitrogen and oxygen atoms in total. The van der Waals surface area contributed by atoms with E-state index in [2.05, 4.69) is 9.98 Å². The van der Waals surface area contributed by atoms with Crippen molar-refractivity contribution in [1.82, 2.24) is 4.98 Å². The van der Waals surface area contributed by atoms with Gasteiger partial charge in [0.1, 0.15) is 17.3 Å². The quantitative estimate of drug-likeness (QED) is 0.172. The van der Waals surface area contributed by atoms with Crippen LogP contribution in [-0.4, -0.2) is 36.8 Å². The van der Waals surface area contributed by atoms with Gasteiger partial charge in [-0.25, -0.2) is 17.2 Å². The lowest BCUT2D eigenvalue weighted by Gasteiger charge is -2.14. The van der Waals surface area contributed by atoms with Crippen LogP contribution in [0.1, 0.15) is 46.7 Å². The molecule has 0 aliphatic carbocycles. The Balaban J connectivity index is 2.85. The molecule has 1 aromatic carbocycles. The number of rotatable bonds is 8. The number of sulfone groups is 1. The summed E-state index contributed by atoms with van der Waals surface area (Å²) in [6, 6.07) is 3.88. The molecule has 0 radical (unpaired) electrons. The molecular weight excluding hydrogens is 503 g/mol. The Morgan fingerprint density at radius 2 is 1.58 bits per heavy atom. The summed E-state index contributed by atoms with van der Waals surface area (Å²) in [4.78, 5) is 20.0. The van der Waals surface area contributed by atoms with Crippen molar-refractivity contribution in [3.8, 4) is 11.1 Å². The number of nitrogens with zero attached hydrogens (tertiary/aromatic N) is 2. The molecule has 0 aliphatic rings. The Labute approximate surface area is 206 Å². The van der Waals surface area contributed by atoms with Gasteiger partial charge in [0.05, 0.1) is 22.1 Å². The number of aromatic nitrogens is 1. The van der Waals surface area contributed by atoms with E-state index in [1.807, 2.05) is 0 Å². The van der Waals surface area contributed by atoms with Crippen LogP contribution in [0, 0.1) is 11.6 Å². The first-order chi connectivity index (χ1) is 16.6. The molecule has 0 atom stereocenters. The lowest BCUT2D eigenvalue weighted by molar-refractivity contribution is -0.113. The van der Waals surface area contributed by atoms with Crippen LogP contribution in [-0.2, 0) is 14.6 Å². The average Bonchev–Trinajstić information content (AvgIpc) is 2.79. The summed E-state index contributed by atoms with van der Waals surface area (Å²) in [6.07, 6.45) is -2.70. The van der Waals surface area contributed by atoms with Crippen molar-refractivity contribution in [2.45, 2.75) is 52.1 Å². The van der Waals surface area contributed by atoms with Gasteiger partial charge in [-0.3, -0.25) is 14.8 Å². The molecule has 0 saturated heterocycles. The zero-order valence-electron chi connectivity index (χ0n) is 20.3. The number of aliphatic imine (C=N–C) groups is 1. The van der Waals surface area contributed by atoms with E-state index in [0.29, 0.717) is 12.1 Å². The molecule has 194 valence electrons. The Morgan fingerprint density at radius 1 is 1.00 bits per heavy atom. The first kappa shape index (κ1) is 29.0. The molecule has 0 amide bonds. The third-order valence-corrected chi connectivity index (χ3v) is 7.08. The average molecular weight is 529 g/mol. The van der Waals surface area contributed by atoms with E-state index in [9.17, 15) is 35.2 Å². The molecule has 11 heteroatoms. The van der Waals surface area contributed by atoms with Crippen molar-refractivity contribution in [3.05, 3.63) is 70.7 Å². The maximum Gasteiger partial charge on any atom is 0.412 e. The first-order valence-electron chi connectivity index (χ1n) is 10.8. The highest BCUT2D eigenvalue weighted by molar-refractivity contribution is 7.91. The molecule has 0 N–H and O–H groups in total. The predicted octanol–water partition coefficient (Wildman–Crippen LogP) is 6.39. The van der Waals surface area contributed by atoms with Gasteiger partial charge < -0.3 is 0 Å². The van der Waals surface area contributed by atoms with Gasteiger partial charge in [-0.1, -0.05) is 13.8 Å². The van der Waals surface area contributed by atoms with E-state index in [1.165, 1.54) is 33.0 Å². The number of carbonyl (C=O) groups is 1. The van der Waals surface area contributed by atoms with Crippen molar-refractivity contribution >= 4 is 21.3 Å². The molecule has 2 rings (SSSR count). The largest absolute Gasteiger partial charge is 0.412 e. The number of benzene rings is 1. The highest BCUT2D eigenvalue weighted by atomic mass is 32.2. The Kier molecular flexibility index (Phi) is 9.06. The van der Waals surface area contributed by atoms with Gasteiger partial charge in [0.25, 0.3) is 0 Å². The number of pyridine rings is 1. The summed E-state index contributed by atoms with van der Waals surface area (Å²) in [7, 11) is -3.96. The summed E-state index contributed by atoms with van der Waals surface area (Å²) in [6.45, 7) is 6.29. The molecule has 2 aromatic rings. The van der Waals surface area contributed by atoms with Gasteiger partial charge in [0.2, 0.25) is 0 Å². The van der Waals surface area contributed by atoms with Crippen LogP contribution >= 0.6 is 0 Å². The van der Waals surface area contributed by atoms with Crippen LogP contribution in [0.4, 0.5) is 22.0 Å². The minimum Gasteiger partial charge on any atom is -0.295 e. The molecule has 1 heterocycles. The van der Waals surface area contributed by atoms with Crippen molar-refractivity contribution in [3.63, 3.8) is 0 Å². The van der Waals surface area contributed by atoms with E-state index in [1.54, 1.807) is 6.92 Å². The monoisotopic (exact) mass is 528 g/mol. The maximum absolute atomic E-state index is 13.7. The lowest BCUT2D eigenvalue weighted by atomic mass is 10.1. The first-order valence-corrected chi connectivity index (χ1v) is 12.5. The number of hydrogen-bond donors (Lipinski definition) is 0. The van der Waals surface area contributed by atoms with Gasteiger partial charge in [0, 0.05) is 29.0 Å². The van der Waals surface area contributed by atoms with Gasteiger partial charge in [-0.2, -0.15) is 13.2 Å². The summed E-state index contributed by atoms with van der Waals surface area (Å²) >= 11 is 0. The van der Waals surface area contributed by atoms with Crippen molar-refractivity contribution in [2.24, 2.45) is 4.99 Å². The van der Waals surface area contributed by atoms with Crippen LogP contribution in [0.25, 0.3) is 11.1 Å². The van der Waals surface area contributed by atoms with Crippen LogP contribution in [0.5, 0.6) is 0 Å². The van der Waals surface area contributed by atoms with Crippen molar-refractivity contribution in [1.29, 1.82) is 0 Å². The van der Waals surface area contributed by atoms with Gasteiger partial charge >= 0.3 is 6.18 Å². The molecular formula is C25H25F5N2O3S. The number of halogens is 5. The smallest absolute Gasteiger partial charge is 0.295 e. The summed E-state index contributed by atoms with van der Waals surface area (Å²) < 4.78 is 92.8. The third kappa shape index (κ3) is 6.93. The molecule has 1 aromatic heterocycles. The topological polar surface area (TPSA) is 76.5 Å². The van der Waals surface area contributed by atoms with E-state index >= 15 is 0 Å². The molecule has 0 aliphatic heterocycles. The summed E-state index contributed by atoms with van der Waals surface area (Å²) in [5.41, 5.74) is -1.31. The van der Waals surface area contributed by atoms with Crippen LogP contribution in [0.15, 0.2) is 63.3 Å². The standard InChI is InChI=1S/C25H25F5N2O3S/c1-6-21(32-22(15(4)16(5)33)8-14(3)25(28,29)30)24-23(36(34,35)7-2)11-18(13-31-24)17-9-19(26)12-20(27)10-17/h8-13H,6-7H2,1-5H3/b14-8+,22-15+,32-21+. The molecule has 0 unspecified atom stereocenters. The fourth-order valence-electron chi connectivity index (χ4n) is 3.07. The van der Waals surface area contributed by atoms with Gasteiger partial charge in [-0.05, 0) is 57.0 Å². The van der Waals surface area contributed by atoms with E-state index in [0.717, 1.165) is 19.1 Å². The second-order valence-electron chi connectivity index (χ2n) is 7.94. The second-order valence-corrected chi connectivity index (χ2v) is 10.2. The highest BCUT2D eigenvalue weighted by Gasteiger charge is 2.30. The predicted molar refractivity (Wildman–Crippen MR) is 127 cm³/mol. The van der Waals surface area contributed by atoms with E-state index < -0.39 is 39.0 Å². The number of ketones is 1. The molecule has 0 spiro atoms. The normalized spacial score (nSPS) is 14.1. The van der Waals surface area contributed by atoms with E-state index in [4.69, 9.17) is 0 Å². The summed E-state index contributed by atoms with van der Waals surface area (Å²) in [5.74, 6) is -2.60. The molecule has 36 heavy (non-hydrogen) atoms. The number of Topliss-reactive ketones (excluding diaryl/α,β-unsaturated/α-hetero) is 1. The SMILES string of the molecule is CC\C(=N/C(/C=C(\C)C(F)(F)F)=C(\C)C(C)=O)c1ncc(-c2cc(F)cc(F)c2)cc1S(=O)(=O)CC. The third-order valence-electron chi connectivity index (χ3n) is 5.34. The fourth-order valence-corrected chi connectivity index (χ4v) is 4.15.